The molecule has 0 spiro atoms. The highest BCUT2D eigenvalue weighted by atomic mass is 16.5. The van der Waals surface area contributed by atoms with E-state index >= 15 is 0 Å². The Labute approximate surface area is 89.3 Å². The van der Waals surface area contributed by atoms with Crippen molar-refractivity contribution in [2.75, 3.05) is 13.7 Å². The minimum atomic E-state index is -1.56. The number of rotatable bonds is 5. The number of carbonyl (C=O) groups excluding carboxylic acids is 2. The molecule has 0 aliphatic carbocycles. The number of amides is 1. The number of hydrogen-bond donors (Lipinski definition) is 1. The predicted octanol–water partition coefficient (Wildman–Crippen LogP) is 0.292. The summed E-state index contributed by atoms with van der Waals surface area (Å²) in [6, 6.07) is 0. The van der Waals surface area contributed by atoms with Gasteiger partial charge in [-0.1, -0.05) is 13.5 Å². The lowest BCUT2D eigenvalue weighted by molar-refractivity contribution is -0.166. The molecule has 0 saturated heterocycles. The monoisotopic (exact) mass is 215 g/mol. The van der Waals surface area contributed by atoms with Gasteiger partial charge in [-0.3, -0.25) is 4.79 Å². The van der Waals surface area contributed by atoms with Gasteiger partial charge >= 0.3 is 5.97 Å². The SMILES string of the molecule is C=C(C)C(=O)N(CCC)C(O)C(=O)OC. The van der Waals surface area contributed by atoms with Gasteiger partial charge in [-0.2, -0.15) is 0 Å². The zero-order valence-corrected chi connectivity index (χ0v) is 9.32. The number of nitrogens with zero attached hydrogens (tertiary/aromatic N) is 1. The fourth-order valence-electron chi connectivity index (χ4n) is 1.05. The number of carbonyl (C=O) groups is 2. The Morgan fingerprint density at radius 3 is 2.40 bits per heavy atom. The molecule has 5 nitrogen and oxygen atoms in total. The molecule has 1 N–H and O–H groups in total. The van der Waals surface area contributed by atoms with Crippen LogP contribution in [0.25, 0.3) is 0 Å². The fraction of sp³-hybridized carbons (Fsp3) is 0.600. The van der Waals surface area contributed by atoms with E-state index in [9.17, 15) is 14.7 Å². The second kappa shape index (κ2) is 6.19. The van der Waals surface area contributed by atoms with Gasteiger partial charge in [0.05, 0.1) is 7.11 Å². The first-order valence-electron chi connectivity index (χ1n) is 4.68. The maximum atomic E-state index is 11.6. The third-order valence-electron chi connectivity index (χ3n) is 1.80. The zero-order chi connectivity index (χ0) is 12.0. The summed E-state index contributed by atoms with van der Waals surface area (Å²) in [7, 11) is 1.15. The summed E-state index contributed by atoms with van der Waals surface area (Å²) in [6.45, 7) is 7.11. The van der Waals surface area contributed by atoms with Crippen LogP contribution in [0.3, 0.4) is 0 Å². The van der Waals surface area contributed by atoms with Crippen LogP contribution in [0.5, 0.6) is 0 Å². The molecule has 0 aromatic rings. The van der Waals surface area contributed by atoms with E-state index in [4.69, 9.17) is 0 Å². The van der Waals surface area contributed by atoms with E-state index < -0.39 is 18.1 Å². The molecule has 1 amide bonds. The Morgan fingerprint density at radius 2 is 2.07 bits per heavy atom. The quantitative estimate of drug-likeness (QED) is 0.407. The van der Waals surface area contributed by atoms with Crippen LogP contribution < -0.4 is 0 Å². The van der Waals surface area contributed by atoms with Crippen LogP contribution in [0, 0.1) is 0 Å². The molecule has 86 valence electrons. The largest absolute Gasteiger partial charge is 0.466 e. The Bertz CT molecular complexity index is 262. The summed E-state index contributed by atoms with van der Waals surface area (Å²) in [6.07, 6.45) is -0.924. The van der Waals surface area contributed by atoms with Gasteiger partial charge in [-0.05, 0) is 13.3 Å². The van der Waals surface area contributed by atoms with E-state index in [0.29, 0.717) is 6.42 Å². The van der Waals surface area contributed by atoms with Crippen LogP contribution in [0.15, 0.2) is 12.2 Å². The molecule has 15 heavy (non-hydrogen) atoms. The molecule has 0 aliphatic heterocycles. The summed E-state index contributed by atoms with van der Waals surface area (Å²) < 4.78 is 4.36. The van der Waals surface area contributed by atoms with Gasteiger partial charge in [0.2, 0.25) is 6.23 Å². The number of hydrogen-bond acceptors (Lipinski definition) is 4. The topological polar surface area (TPSA) is 66.8 Å². The van der Waals surface area contributed by atoms with Crippen molar-refractivity contribution in [2.24, 2.45) is 0 Å². The van der Waals surface area contributed by atoms with Crippen molar-refractivity contribution in [1.29, 1.82) is 0 Å². The average molecular weight is 215 g/mol. The van der Waals surface area contributed by atoms with Gasteiger partial charge in [-0.25, -0.2) is 4.79 Å². The Kier molecular flexibility index (Phi) is 5.62. The molecule has 1 unspecified atom stereocenters. The highest BCUT2D eigenvalue weighted by molar-refractivity contribution is 5.94. The number of aliphatic hydroxyl groups excluding tert-OH is 1. The third kappa shape index (κ3) is 3.71. The van der Waals surface area contributed by atoms with Crippen LogP contribution in [0.4, 0.5) is 0 Å². The first kappa shape index (κ1) is 13.6. The third-order valence-corrected chi connectivity index (χ3v) is 1.80. The van der Waals surface area contributed by atoms with Gasteiger partial charge < -0.3 is 14.7 Å². The predicted molar refractivity (Wildman–Crippen MR) is 54.8 cm³/mol. The smallest absolute Gasteiger partial charge is 0.356 e. The maximum absolute atomic E-state index is 11.6. The Morgan fingerprint density at radius 1 is 1.53 bits per heavy atom. The molecule has 0 rings (SSSR count). The number of esters is 1. The second-order valence-electron chi connectivity index (χ2n) is 3.18. The zero-order valence-electron chi connectivity index (χ0n) is 9.32. The molecule has 0 heterocycles. The molecule has 0 fully saturated rings. The van der Waals surface area contributed by atoms with Crippen LogP contribution in [-0.4, -0.2) is 41.8 Å². The van der Waals surface area contributed by atoms with Gasteiger partial charge in [0.15, 0.2) is 0 Å². The van der Waals surface area contributed by atoms with E-state index in [1.807, 2.05) is 6.92 Å². The van der Waals surface area contributed by atoms with E-state index in [1.165, 1.54) is 6.92 Å². The molecule has 0 aromatic carbocycles. The normalized spacial score (nSPS) is 11.7. The molecular weight excluding hydrogens is 198 g/mol. The van der Waals surface area contributed by atoms with Crippen LogP contribution in [0.2, 0.25) is 0 Å². The van der Waals surface area contributed by atoms with Gasteiger partial charge in [0, 0.05) is 12.1 Å². The van der Waals surface area contributed by atoms with Gasteiger partial charge in [0.25, 0.3) is 5.91 Å². The fourth-order valence-corrected chi connectivity index (χ4v) is 1.05. The summed E-state index contributed by atoms with van der Waals surface area (Å²) >= 11 is 0. The molecule has 0 bridgehead atoms. The number of ether oxygens (including phenoxy) is 1. The van der Waals surface area contributed by atoms with Crippen molar-refractivity contribution in [3.8, 4) is 0 Å². The molecular formula is C10H17NO4. The lowest BCUT2D eigenvalue weighted by Crippen LogP contribution is -2.46. The van der Waals surface area contributed by atoms with Crippen molar-refractivity contribution < 1.29 is 19.4 Å². The lowest BCUT2D eigenvalue weighted by atomic mass is 10.2. The molecule has 0 saturated carbocycles. The summed E-state index contributed by atoms with van der Waals surface area (Å²) in [4.78, 5) is 23.6. The minimum absolute atomic E-state index is 0.270. The standard InChI is InChI=1S/C10H17NO4/c1-5-6-11(8(12)7(2)3)9(13)10(14)15-4/h9,13H,2,5-6H2,1,3-4H3. The van der Waals surface area contributed by atoms with E-state index in [0.717, 1.165) is 12.0 Å². The summed E-state index contributed by atoms with van der Waals surface area (Å²) in [5, 5.41) is 9.52. The number of aliphatic hydroxyl groups is 1. The molecule has 5 heteroatoms. The molecule has 0 radical (unpaired) electrons. The highest BCUT2D eigenvalue weighted by Crippen LogP contribution is 2.05. The van der Waals surface area contributed by atoms with Crippen molar-refractivity contribution in [3.63, 3.8) is 0 Å². The van der Waals surface area contributed by atoms with Crippen LogP contribution in [0.1, 0.15) is 20.3 Å². The van der Waals surface area contributed by atoms with E-state index in [1.54, 1.807) is 0 Å². The van der Waals surface area contributed by atoms with Gasteiger partial charge in [-0.15, -0.1) is 0 Å². The molecule has 1 atom stereocenters. The Hall–Kier alpha value is -1.36. The second-order valence-corrected chi connectivity index (χ2v) is 3.18. The first-order chi connectivity index (χ1) is 6.95. The number of methoxy groups -OCH3 is 1. The van der Waals surface area contributed by atoms with Crippen molar-refractivity contribution in [2.45, 2.75) is 26.5 Å². The van der Waals surface area contributed by atoms with Crippen LogP contribution >= 0.6 is 0 Å². The minimum Gasteiger partial charge on any atom is -0.466 e. The van der Waals surface area contributed by atoms with E-state index in [2.05, 4.69) is 11.3 Å². The summed E-state index contributed by atoms with van der Waals surface area (Å²) in [5.41, 5.74) is 0.270. The maximum Gasteiger partial charge on any atom is 0.356 e. The Balaban J connectivity index is 4.72. The van der Waals surface area contributed by atoms with Crippen molar-refractivity contribution in [1.82, 2.24) is 4.90 Å². The van der Waals surface area contributed by atoms with Crippen molar-refractivity contribution in [3.05, 3.63) is 12.2 Å². The van der Waals surface area contributed by atoms with Crippen molar-refractivity contribution >= 4 is 11.9 Å². The average Bonchev–Trinajstić information content (AvgIpc) is 2.22. The lowest BCUT2D eigenvalue weighted by Gasteiger charge is -2.25. The van der Waals surface area contributed by atoms with Gasteiger partial charge in [0.1, 0.15) is 0 Å². The first-order valence-corrected chi connectivity index (χ1v) is 4.68. The highest BCUT2D eigenvalue weighted by Gasteiger charge is 2.27. The van der Waals surface area contributed by atoms with Crippen LogP contribution in [-0.2, 0) is 14.3 Å². The molecule has 0 aliphatic rings. The molecule has 0 aromatic heterocycles. The van der Waals surface area contributed by atoms with E-state index in [-0.39, 0.29) is 12.1 Å². The summed E-state index contributed by atoms with van der Waals surface area (Å²) in [5.74, 6) is -1.30.